The van der Waals surface area contributed by atoms with Gasteiger partial charge in [-0.1, -0.05) is 142 Å². The van der Waals surface area contributed by atoms with Crippen LogP contribution >= 0.6 is 0 Å². The fourth-order valence-electron chi connectivity index (χ4n) is 4.68. The molecule has 0 radical (unpaired) electrons. The molecule has 3 rings (SSSR count). The highest BCUT2D eigenvalue weighted by molar-refractivity contribution is 5.67. The molecule has 1 heterocycles. The number of hydrogen-bond acceptors (Lipinski definition) is 3. The summed E-state index contributed by atoms with van der Waals surface area (Å²) < 4.78 is 0. The highest BCUT2D eigenvalue weighted by atomic mass is 15.0. The minimum atomic E-state index is 0.288. The second-order valence-electron chi connectivity index (χ2n) is 13.8. The van der Waals surface area contributed by atoms with Crippen molar-refractivity contribution in [2.75, 3.05) is 6.54 Å². The van der Waals surface area contributed by atoms with E-state index in [4.69, 9.17) is 0 Å². The van der Waals surface area contributed by atoms with E-state index < -0.39 is 0 Å². The predicted molar refractivity (Wildman–Crippen MR) is 195 cm³/mol. The molecule has 0 aliphatic carbocycles. The molecule has 0 saturated carbocycles. The van der Waals surface area contributed by atoms with E-state index in [1.807, 2.05) is 18.3 Å². The van der Waals surface area contributed by atoms with Gasteiger partial charge in [0, 0.05) is 30.3 Å². The van der Waals surface area contributed by atoms with Gasteiger partial charge in [-0.15, -0.1) is 0 Å². The van der Waals surface area contributed by atoms with E-state index in [1.165, 1.54) is 40.7 Å². The Morgan fingerprint density at radius 1 is 0.864 bits per heavy atom. The first kappa shape index (κ1) is 38.4. The summed E-state index contributed by atoms with van der Waals surface area (Å²) in [4.78, 5) is 4.11. The lowest BCUT2D eigenvalue weighted by Gasteiger charge is -2.23. The van der Waals surface area contributed by atoms with Gasteiger partial charge in [0.15, 0.2) is 0 Å². The van der Waals surface area contributed by atoms with Crippen LogP contribution < -0.4 is 10.6 Å². The fraction of sp³-hybridized carbons (Fsp3) is 0.439. The van der Waals surface area contributed by atoms with Crippen molar-refractivity contribution >= 4 is 0 Å². The molecule has 2 aromatic carbocycles. The standard InChI is InChI=1S/C21H33N3.C16H18.C4H10/c1-16(12-21(5,6)7)11-17(2)19(4)24-13-18(3)23-15-20-9-8-10-22-14-20;1-3-7-14-10-11-16(13(2)12-14)15-8-5-4-6-9-15;1-4(2)3/h8-10,14,17,23-24H,1,3-4,11-13,15H2,2,5-7H3;4-6,8-12H,3,7H2,1-2H3;4H,1-3H3. The Balaban J connectivity index is 0.000000414. The lowest BCUT2D eigenvalue weighted by molar-refractivity contribution is 0.398. The predicted octanol–water partition coefficient (Wildman–Crippen LogP) is 11.1. The van der Waals surface area contributed by atoms with Gasteiger partial charge in [0.1, 0.15) is 0 Å². The van der Waals surface area contributed by atoms with Crippen molar-refractivity contribution < 1.29 is 0 Å². The van der Waals surface area contributed by atoms with Crippen molar-refractivity contribution in [3.63, 3.8) is 0 Å². The van der Waals surface area contributed by atoms with Crippen LogP contribution in [0.15, 0.2) is 110 Å². The zero-order chi connectivity index (χ0) is 33.1. The van der Waals surface area contributed by atoms with Crippen LogP contribution in [-0.4, -0.2) is 11.5 Å². The van der Waals surface area contributed by atoms with Crippen molar-refractivity contribution in [3.8, 4) is 11.1 Å². The summed E-state index contributed by atoms with van der Waals surface area (Å²) >= 11 is 0. The highest BCUT2D eigenvalue weighted by Crippen LogP contribution is 2.28. The van der Waals surface area contributed by atoms with Gasteiger partial charge < -0.3 is 10.6 Å². The van der Waals surface area contributed by atoms with Gasteiger partial charge in [-0.2, -0.15) is 0 Å². The average Bonchev–Trinajstić information content (AvgIpc) is 2.95. The molecule has 2 N–H and O–H groups in total. The number of benzene rings is 2. The number of allylic oxidation sites excluding steroid dienone is 2. The fourth-order valence-corrected chi connectivity index (χ4v) is 4.68. The third kappa shape index (κ3) is 17.5. The lowest BCUT2D eigenvalue weighted by Crippen LogP contribution is -2.26. The van der Waals surface area contributed by atoms with E-state index >= 15 is 0 Å². The SMILES string of the molecule is C=C(CC(C)C(=C)NCC(=C)NCc1cccnc1)CC(C)(C)C.CC(C)C.CCCc1ccc(-c2ccccc2)c(C)c1. The number of hydrogen-bond donors (Lipinski definition) is 2. The van der Waals surface area contributed by atoms with Gasteiger partial charge in [-0.3, -0.25) is 4.98 Å². The monoisotopic (exact) mass is 595 g/mol. The quantitative estimate of drug-likeness (QED) is 0.193. The Kier molecular flexibility index (Phi) is 17.8. The minimum absolute atomic E-state index is 0.288. The molecule has 0 amide bonds. The summed E-state index contributed by atoms with van der Waals surface area (Å²) in [5.41, 5.74) is 10.2. The van der Waals surface area contributed by atoms with Gasteiger partial charge >= 0.3 is 0 Å². The van der Waals surface area contributed by atoms with Crippen LogP contribution in [0.1, 0.15) is 91.3 Å². The highest BCUT2D eigenvalue weighted by Gasteiger charge is 2.15. The van der Waals surface area contributed by atoms with Crippen LogP contribution in [0.25, 0.3) is 11.1 Å². The van der Waals surface area contributed by atoms with Crippen LogP contribution in [0.2, 0.25) is 0 Å². The summed E-state index contributed by atoms with van der Waals surface area (Å²) in [6, 6.07) is 21.4. The summed E-state index contributed by atoms with van der Waals surface area (Å²) in [7, 11) is 0. The topological polar surface area (TPSA) is 37.0 Å². The normalized spacial score (nSPS) is 11.3. The molecule has 0 saturated heterocycles. The number of aromatic nitrogens is 1. The Bertz CT molecular complexity index is 1250. The third-order valence-electron chi connectivity index (χ3n) is 6.68. The van der Waals surface area contributed by atoms with Crippen LogP contribution in [0.4, 0.5) is 0 Å². The molecule has 0 aliphatic rings. The van der Waals surface area contributed by atoms with Crippen LogP contribution in [0.3, 0.4) is 0 Å². The Hall–Kier alpha value is -3.59. The van der Waals surface area contributed by atoms with Crippen molar-refractivity contribution in [3.05, 3.63) is 126 Å². The summed E-state index contributed by atoms with van der Waals surface area (Å²) in [5, 5.41) is 6.68. The summed E-state index contributed by atoms with van der Waals surface area (Å²) in [6.07, 6.45) is 8.04. The molecule has 3 nitrogen and oxygen atoms in total. The lowest BCUT2D eigenvalue weighted by atomic mass is 9.85. The minimum Gasteiger partial charge on any atom is -0.383 e. The molecule has 0 bridgehead atoms. The number of aryl methyl sites for hydroxylation is 2. The maximum absolute atomic E-state index is 4.22. The molecular weight excluding hydrogens is 534 g/mol. The molecular formula is C41H61N3. The first-order valence-electron chi connectivity index (χ1n) is 16.3. The smallest absolute Gasteiger partial charge is 0.0538 e. The zero-order valence-electron chi connectivity index (χ0n) is 29.4. The molecule has 1 aromatic heterocycles. The van der Waals surface area contributed by atoms with Crippen molar-refractivity contribution in [2.24, 2.45) is 17.3 Å². The Labute approximate surface area is 271 Å². The van der Waals surface area contributed by atoms with Gasteiger partial charge in [-0.05, 0) is 77.3 Å². The van der Waals surface area contributed by atoms with E-state index in [0.29, 0.717) is 12.5 Å². The van der Waals surface area contributed by atoms with E-state index in [9.17, 15) is 0 Å². The van der Waals surface area contributed by atoms with E-state index in [1.54, 1.807) is 6.20 Å². The van der Waals surface area contributed by atoms with E-state index in [2.05, 4.69) is 146 Å². The van der Waals surface area contributed by atoms with Crippen LogP contribution in [0, 0.1) is 24.2 Å². The zero-order valence-corrected chi connectivity index (χ0v) is 29.4. The summed E-state index contributed by atoms with van der Waals surface area (Å²) in [6.45, 7) is 33.7. The second kappa shape index (κ2) is 20.4. The molecule has 0 aliphatic heterocycles. The van der Waals surface area contributed by atoms with Crippen molar-refractivity contribution in [2.45, 2.75) is 94.5 Å². The molecule has 0 spiro atoms. The first-order chi connectivity index (χ1) is 20.7. The molecule has 3 heteroatoms. The molecule has 240 valence electrons. The van der Waals surface area contributed by atoms with Gasteiger partial charge in [0.25, 0.3) is 0 Å². The molecule has 3 aromatic rings. The largest absolute Gasteiger partial charge is 0.383 e. The van der Waals surface area contributed by atoms with Crippen molar-refractivity contribution in [1.29, 1.82) is 0 Å². The molecule has 0 fully saturated rings. The number of nitrogens with zero attached hydrogens (tertiary/aromatic N) is 1. The molecule has 1 atom stereocenters. The van der Waals surface area contributed by atoms with E-state index in [-0.39, 0.29) is 5.41 Å². The first-order valence-corrected chi connectivity index (χ1v) is 16.3. The number of rotatable bonds is 13. The van der Waals surface area contributed by atoms with Gasteiger partial charge in [0.05, 0.1) is 6.54 Å². The average molecular weight is 596 g/mol. The second-order valence-corrected chi connectivity index (χ2v) is 13.8. The number of pyridine rings is 1. The Morgan fingerprint density at radius 3 is 2.07 bits per heavy atom. The number of nitrogens with one attached hydrogen (secondary N) is 2. The maximum Gasteiger partial charge on any atom is 0.0538 e. The Morgan fingerprint density at radius 2 is 1.52 bits per heavy atom. The summed E-state index contributed by atoms with van der Waals surface area (Å²) in [5.74, 6) is 1.20. The maximum atomic E-state index is 4.22. The molecule has 1 unspecified atom stereocenters. The van der Waals surface area contributed by atoms with Crippen LogP contribution in [0.5, 0.6) is 0 Å². The van der Waals surface area contributed by atoms with Gasteiger partial charge in [-0.25, -0.2) is 0 Å². The third-order valence-corrected chi connectivity index (χ3v) is 6.68. The molecule has 44 heavy (non-hydrogen) atoms. The van der Waals surface area contributed by atoms with Crippen molar-refractivity contribution in [1.82, 2.24) is 15.6 Å². The van der Waals surface area contributed by atoms with Crippen LogP contribution in [-0.2, 0) is 13.0 Å². The van der Waals surface area contributed by atoms with E-state index in [0.717, 1.165) is 42.3 Å². The van der Waals surface area contributed by atoms with Gasteiger partial charge in [0.2, 0.25) is 0 Å².